The van der Waals surface area contributed by atoms with E-state index in [4.69, 9.17) is 4.74 Å². The quantitative estimate of drug-likeness (QED) is 0.849. The smallest absolute Gasteiger partial charge is 0.218 e. The highest BCUT2D eigenvalue weighted by Crippen LogP contribution is 2.29. The first-order valence-corrected chi connectivity index (χ1v) is 6.23. The third-order valence-corrected chi connectivity index (χ3v) is 3.79. The Morgan fingerprint density at radius 3 is 3.18 bits per heavy atom. The summed E-state index contributed by atoms with van der Waals surface area (Å²) in [4.78, 5) is 10.8. The fourth-order valence-corrected chi connectivity index (χ4v) is 2.97. The van der Waals surface area contributed by atoms with Crippen LogP contribution in [0.25, 0.3) is 0 Å². The molecular formula is C12H18N4O. The topological polar surface area (TPSA) is 50.3 Å². The molecule has 1 aromatic heterocycles. The van der Waals surface area contributed by atoms with Crippen molar-refractivity contribution in [1.29, 1.82) is 0 Å². The van der Waals surface area contributed by atoms with E-state index in [0.717, 1.165) is 5.82 Å². The molecule has 3 heterocycles. The van der Waals surface area contributed by atoms with E-state index in [2.05, 4.69) is 20.2 Å². The van der Waals surface area contributed by atoms with Crippen LogP contribution in [-0.2, 0) is 0 Å². The Morgan fingerprint density at radius 2 is 2.29 bits per heavy atom. The van der Waals surface area contributed by atoms with Gasteiger partial charge >= 0.3 is 0 Å². The SMILES string of the molecule is COc1cc(NC2CCN3CCCC23)ncn1. The average Bonchev–Trinajstić information content (AvgIpc) is 2.94. The summed E-state index contributed by atoms with van der Waals surface area (Å²) in [5.41, 5.74) is 0. The second kappa shape index (κ2) is 4.49. The van der Waals surface area contributed by atoms with Gasteiger partial charge in [0.05, 0.1) is 7.11 Å². The van der Waals surface area contributed by atoms with E-state index in [0.29, 0.717) is 18.0 Å². The van der Waals surface area contributed by atoms with E-state index < -0.39 is 0 Å². The average molecular weight is 234 g/mol. The number of fused-ring (bicyclic) bond motifs is 1. The van der Waals surface area contributed by atoms with E-state index in [-0.39, 0.29) is 0 Å². The minimum absolute atomic E-state index is 0.525. The fourth-order valence-electron chi connectivity index (χ4n) is 2.97. The van der Waals surface area contributed by atoms with Gasteiger partial charge in [-0.1, -0.05) is 0 Å². The van der Waals surface area contributed by atoms with Crippen LogP contribution in [-0.4, -0.2) is 47.2 Å². The second-order valence-corrected chi connectivity index (χ2v) is 4.73. The molecule has 5 nitrogen and oxygen atoms in total. The van der Waals surface area contributed by atoms with Crippen LogP contribution < -0.4 is 10.1 Å². The van der Waals surface area contributed by atoms with E-state index >= 15 is 0 Å². The Bertz CT molecular complexity index is 398. The van der Waals surface area contributed by atoms with Gasteiger partial charge in [-0.05, 0) is 25.8 Å². The van der Waals surface area contributed by atoms with Crippen molar-refractivity contribution in [1.82, 2.24) is 14.9 Å². The standard InChI is InChI=1S/C12H18N4O/c1-17-12-7-11(13-8-14-12)15-9-4-6-16-5-2-3-10(9)16/h7-10H,2-6H2,1H3,(H,13,14,15). The number of nitrogens with one attached hydrogen (secondary N) is 1. The molecular weight excluding hydrogens is 216 g/mol. The van der Waals surface area contributed by atoms with Gasteiger partial charge in [-0.15, -0.1) is 0 Å². The van der Waals surface area contributed by atoms with Crippen LogP contribution in [0.1, 0.15) is 19.3 Å². The largest absolute Gasteiger partial charge is 0.481 e. The minimum atomic E-state index is 0.525. The first kappa shape index (κ1) is 10.8. The summed E-state index contributed by atoms with van der Waals surface area (Å²) in [5.74, 6) is 1.49. The van der Waals surface area contributed by atoms with E-state index in [1.807, 2.05) is 6.07 Å². The number of hydrogen-bond donors (Lipinski definition) is 1. The van der Waals surface area contributed by atoms with Crippen LogP contribution in [0.15, 0.2) is 12.4 Å². The summed E-state index contributed by atoms with van der Waals surface area (Å²) < 4.78 is 5.10. The van der Waals surface area contributed by atoms with Crippen molar-refractivity contribution < 1.29 is 4.74 Å². The molecule has 0 amide bonds. The van der Waals surface area contributed by atoms with Crippen molar-refractivity contribution in [2.75, 3.05) is 25.5 Å². The van der Waals surface area contributed by atoms with Crippen LogP contribution in [0.5, 0.6) is 5.88 Å². The first-order valence-electron chi connectivity index (χ1n) is 6.23. The monoisotopic (exact) mass is 234 g/mol. The Hall–Kier alpha value is -1.36. The van der Waals surface area contributed by atoms with Gasteiger partial charge in [-0.3, -0.25) is 4.90 Å². The first-order chi connectivity index (χ1) is 8.36. The van der Waals surface area contributed by atoms with Crippen LogP contribution in [0.3, 0.4) is 0 Å². The van der Waals surface area contributed by atoms with Crippen LogP contribution in [0, 0.1) is 0 Å². The van der Waals surface area contributed by atoms with E-state index in [1.165, 1.54) is 32.4 Å². The number of rotatable bonds is 3. The summed E-state index contributed by atoms with van der Waals surface area (Å²) in [6, 6.07) is 3.07. The number of anilines is 1. The van der Waals surface area contributed by atoms with Gasteiger partial charge in [0.15, 0.2) is 0 Å². The number of nitrogens with zero attached hydrogens (tertiary/aromatic N) is 3. The lowest BCUT2D eigenvalue weighted by Gasteiger charge is -2.21. The third-order valence-electron chi connectivity index (χ3n) is 3.79. The Labute approximate surface area is 101 Å². The Kier molecular flexibility index (Phi) is 2.84. The number of hydrogen-bond acceptors (Lipinski definition) is 5. The maximum Gasteiger partial charge on any atom is 0.218 e. The van der Waals surface area contributed by atoms with Gasteiger partial charge < -0.3 is 10.1 Å². The molecule has 0 spiro atoms. The van der Waals surface area contributed by atoms with Gasteiger partial charge in [0.1, 0.15) is 12.1 Å². The predicted octanol–water partition coefficient (Wildman–Crippen LogP) is 1.13. The lowest BCUT2D eigenvalue weighted by molar-refractivity contribution is 0.318. The summed E-state index contributed by atoms with van der Waals surface area (Å²) in [7, 11) is 1.63. The molecule has 0 aliphatic carbocycles. The number of ether oxygens (including phenoxy) is 1. The van der Waals surface area contributed by atoms with Crippen molar-refractivity contribution >= 4 is 5.82 Å². The highest BCUT2D eigenvalue weighted by Gasteiger charge is 2.37. The molecule has 2 atom stereocenters. The molecule has 2 unspecified atom stereocenters. The van der Waals surface area contributed by atoms with Gasteiger partial charge in [0.2, 0.25) is 5.88 Å². The lowest BCUT2D eigenvalue weighted by atomic mass is 10.1. The molecule has 0 aromatic carbocycles. The highest BCUT2D eigenvalue weighted by atomic mass is 16.5. The number of methoxy groups -OCH3 is 1. The molecule has 1 N–H and O–H groups in total. The van der Waals surface area contributed by atoms with Gasteiger partial charge in [-0.25, -0.2) is 9.97 Å². The highest BCUT2D eigenvalue weighted by molar-refractivity contribution is 5.39. The Morgan fingerprint density at radius 1 is 1.35 bits per heavy atom. The van der Waals surface area contributed by atoms with Gasteiger partial charge in [0, 0.05) is 24.7 Å². The molecule has 5 heteroatoms. The summed E-state index contributed by atoms with van der Waals surface area (Å²) >= 11 is 0. The molecule has 3 rings (SSSR count). The van der Waals surface area contributed by atoms with Crippen molar-refractivity contribution in [3.63, 3.8) is 0 Å². The van der Waals surface area contributed by atoms with Crippen LogP contribution in [0.4, 0.5) is 5.82 Å². The molecule has 0 bridgehead atoms. The molecule has 1 aromatic rings. The van der Waals surface area contributed by atoms with E-state index in [1.54, 1.807) is 13.4 Å². The zero-order valence-corrected chi connectivity index (χ0v) is 10.1. The molecule has 0 saturated carbocycles. The predicted molar refractivity (Wildman–Crippen MR) is 65.2 cm³/mol. The zero-order chi connectivity index (χ0) is 11.7. The van der Waals surface area contributed by atoms with Crippen molar-refractivity contribution in [2.24, 2.45) is 0 Å². The second-order valence-electron chi connectivity index (χ2n) is 4.73. The molecule has 2 fully saturated rings. The van der Waals surface area contributed by atoms with Crippen molar-refractivity contribution in [3.05, 3.63) is 12.4 Å². The molecule has 17 heavy (non-hydrogen) atoms. The molecule has 0 radical (unpaired) electrons. The normalized spacial score (nSPS) is 28.1. The molecule has 92 valence electrons. The maximum atomic E-state index is 5.10. The zero-order valence-electron chi connectivity index (χ0n) is 10.1. The van der Waals surface area contributed by atoms with Crippen molar-refractivity contribution in [3.8, 4) is 5.88 Å². The van der Waals surface area contributed by atoms with E-state index in [9.17, 15) is 0 Å². The van der Waals surface area contributed by atoms with Crippen LogP contribution in [0.2, 0.25) is 0 Å². The maximum absolute atomic E-state index is 5.10. The summed E-state index contributed by atoms with van der Waals surface area (Å²) in [5, 5.41) is 3.51. The molecule has 2 aliphatic heterocycles. The molecule has 2 aliphatic rings. The Balaban J connectivity index is 1.70. The van der Waals surface area contributed by atoms with Crippen molar-refractivity contribution in [2.45, 2.75) is 31.3 Å². The summed E-state index contributed by atoms with van der Waals surface area (Å²) in [6.45, 7) is 2.47. The minimum Gasteiger partial charge on any atom is -0.481 e. The summed E-state index contributed by atoms with van der Waals surface area (Å²) in [6.07, 6.45) is 5.38. The number of aromatic nitrogens is 2. The fraction of sp³-hybridized carbons (Fsp3) is 0.667. The lowest BCUT2D eigenvalue weighted by Crippen LogP contribution is -2.33. The van der Waals surface area contributed by atoms with Gasteiger partial charge in [0.25, 0.3) is 0 Å². The van der Waals surface area contributed by atoms with Gasteiger partial charge in [-0.2, -0.15) is 0 Å². The molecule has 2 saturated heterocycles. The van der Waals surface area contributed by atoms with Crippen LogP contribution >= 0.6 is 0 Å². The third kappa shape index (κ3) is 2.07.